The second-order valence-electron chi connectivity index (χ2n) is 6.12. The molecule has 4 nitrogen and oxygen atoms in total. The van der Waals surface area contributed by atoms with Gasteiger partial charge >= 0.3 is 0 Å². The third kappa shape index (κ3) is 2.82. The van der Waals surface area contributed by atoms with Crippen molar-refractivity contribution in [3.63, 3.8) is 0 Å². The summed E-state index contributed by atoms with van der Waals surface area (Å²) < 4.78 is 7.87. The van der Waals surface area contributed by atoms with Crippen LogP contribution in [0.25, 0.3) is 16.9 Å². The molecule has 1 N–H and O–H groups in total. The SMILES string of the molecule is Cc1ccn2c(NCC3CCCO3)c(-c3ccccc3)nc2c1. The first-order valence-corrected chi connectivity index (χ1v) is 8.21. The molecule has 1 saturated heterocycles. The van der Waals surface area contributed by atoms with E-state index in [1.165, 1.54) is 5.56 Å². The van der Waals surface area contributed by atoms with Gasteiger partial charge in [0.1, 0.15) is 17.2 Å². The average molecular weight is 307 g/mol. The number of rotatable bonds is 4. The van der Waals surface area contributed by atoms with Gasteiger partial charge in [-0.25, -0.2) is 4.98 Å². The number of anilines is 1. The van der Waals surface area contributed by atoms with Crippen molar-refractivity contribution < 1.29 is 4.74 Å². The van der Waals surface area contributed by atoms with Gasteiger partial charge in [-0.2, -0.15) is 0 Å². The van der Waals surface area contributed by atoms with E-state index < -0.39 is 0 Å². The molecule has 3 heterocycles. The van der Waals surface area contributed by atoms with Crippen LogP contribution in [0.3, 0.4) is 0 Å². The Morgan fingerprint density at radius 1 is 1.26 bits per heavy atom. The van der Waals surface area contributed by atoms with Crippen LogP contribution >= 0.6 is 0 Å². The number of hydrogen-bond donors (Lipinski definition) is 1. The van der Waals surface area contributed by atoms with E-state index in [1.807, 2.05) is 6.07 Å². The van der Waals surface area contributed by atoms with E-state index >= 15 is 0 Å². The lowest BCUT2D eigenvalue weighted by Crippen LogP contribution is -2.19. The molecule has 4 heteroatoms. The van der Waals surface area contributed by atoms with Gasteiger partial charge in [0.15, 0.2) is 0 Å². The lowest BCUT2D eigenvalue weighted by molar-refractivity contribution is 0.120. The topological polar surface area (TPSA) is 38.6 Å². The molecule has 0 radical (unpaired) electrons. The van der Waals surface area contributed by atoms with E-state index in [0.717, 1.165) is 48.7 Å². The van der Waals surface area contributed by atoms with Gasteiger partial charge in [-0.15, -0.1) is 0 Å². The zero-order valence-corrected chi connectivity index (χ0v) is 13.3. The summed E-state index contributed by atoms with van der Waals surface area (Å²) in [6.07, 6.45) is 4.67. The number of aryl methyl sites for hydroxylation is 1. The van der Waals surface area contributed by atoms with E-state index in [2.05, 4.69) is 59.2 Å². The second-order valence-corrected chi connectivity index (χ2v) is 6.12. The molecule has 0 amide bonds. The maximum Gasteiger partial charge on any atom is 0.139 e. The molecular formula is C19H21N3O. The van der Waals surface area contributed by atoms with Gasteiger partial charge in [-0.1, -0.05) is 30.3 Å². The van der Waals surface area contributed by atoms with Gasteiger partial charge < -0.3 is 10.1 Å². The molecule has 1 unspecified atom stereocenters. The second kappa shape index (κ2) is 6.05. The number of imidazole rings is 1. The van der Waals surface area contributed by atoms with E-state index in [9.17, 15) is 0 Å². The number of hydrogen-bond acceptors (Lipinski definition) is 3. The average Bonchev–Trinajstić information content (AvgIpc) is 3.20. The number of benzene rings is 1. The van der Waals surface area contributed by atoms with Crippen LogP contribution in [0.5, 0.6) is 0 Å². The van der Waals surface area contributed by atoms with Crippen molar-refractivity contribution in [2.45, 2.75) is 25.9 Å². The van der Waals surface area contributed by atoms with Crippen molar-refractivity contribution in [3.8, 4) is 11.3 Å². The van der Waals surface area contributed by atoms with Crippen LogP contribution in [-0.2, 0) is 4.74 Å². The molecule has 0 aliphatic carbocycles. The predicted octanol–water partition coefficient (Wildman–Crippen LogP) is 3.90. The molecule has 3 aromatic rings. The third-order valence-corrected chi connectivity index (χ3v) is 4.35. The Labute approximate surface area is 136 Å². The third-order valence-electron chi connectivity index (χ3n) is 4.35. The summed E-state index contributed by atoms with van der Waals surface area (Å²) in [5, 5.41) is 3.57. The molecule has 1 atom stereocenters. The van der Waals surface area contributed by atoms with Crippen molar-refractivity contribution in [2.75, 3.05) is 18.5 Å². The standard InChI is InChI=1S/C19H21N3O/c1-14-9-10-22-17(12-14)21-18(15-6-3-2-4-7-15)19(22)20-13-16-8-5-11-23-16/h2-4,6-7,9-10,12,16,20H,5,8,11,13H2,1H3. The molecule has 23 heavy (non-hydrogen) atoms. The fourth-order valence-corrected chi connectivity index (χ4v) is 3.13. The Morgan fingerprint density at radius 2 is 2.13 bits per heavy atom. The highest BCUT2D eigenvalue weighted by atomic mass is 16.5. The van der Waals surface area contributed by atoms with E-state index in [-0.39, 0.29) is 0 Å². The molecule has 0 spiro atoms. The smallest absolute Gasteiger partial charge is 0.139 e. The highest BCUT2D eigenvalue weighted by molar-refractivity contribution is 5.76. The maximum absolute atomic E-state index is 5.74. The van der Waals surface area contributed by atoms with Crippen molar-refractivity contribution >= 4 is 11.5 Å². The summed E-state index contributed by atoms with van der Waals surface area (Å²) in [7, 11) is 0. The minimum absolute atomic E-state index is 0.301. The number of nitrogens with one attached hydrogen (secondary N) is 1. The largest absolute Gasteiger partial charge is 0.376 e. The first kappa shape index (κ1) is 14.3. The Balaban J connectivity index is 1.75. The van der Waals surface area contributed by atoms with Crippen LogP contribution in [-0.4, -0.2) is 28.6 Å². The minimum Gasteiger partial charge on any atom is -0.376 e. The summed E-state index contributed by atoms with van der Waals surface area (Å²) in [4.78, 5) is 4.85. The van der Waals surface area contributed by atoms with Gasteiger partial charge in [0, 0.05) is 24.9 Å². The predicted molar refractivity (Wildman–Crippen MR) is 92.8 cm³/mol. The van der Waals surface area contributed by atoms with Gasteiger partial charge in [0.05, 0.1) is 6.10 Å². The number of fused-ring (bicyclic) bond motifs is 1. The van der Waals surface area contributed by atoms with Crippen LogP contribution in [0.15, 0.2) is 48.7 Å². The fourth-order valence-electron chi connectivity index (χ4n) is 3.13. The molecule has 2 aromatic heterocycles. The molecule has 4 rings (SSSR count). The van der Waals surface area contributed by atoms with Crippen molar-refractivity contribution in [2.24, 2.45) is 0 Å². The Kier molecular flexibility index (Phi) is 3.75. The Bertz CT molecular complexity index is 804. The van der Waals surface area contributed by atoms with Crippen LogP contribution in [0, 0.1) is 6.92 Å². The summed E-state index contributed by atoms with van der Waals surface area (Å²) in [6.45, 7) is 3.79. The zero-order valence-electron chi connectivity index (χ0n) is 13.3. The zero-order chi connectivity index (χ0) is 15.6. The van der Waals surface area contributed by atoms with Crippen molar-refractivity contribution in [1.29, 1.82) is 0 Å². The number of pyridine rings is 1. The number of nitrogens with zero attached hydrogens (tertiary/aromatic N) is 2. The number of aromatic nitrogens is 2. The lowest BCUT2D eigenvalue weighted by Gasteiger charge is -2.13. The number of ether oxygens (including phenoxy) is 1. The van der Waals surface area contributed by atoms with E-state index in [0.29, 0.717) is 6.10 Å². The molecule has 0 saturated carbocycles. The van der Waals surface area contributed by atoms with E-state index in [4.69, 9.17) is 9.72 Å². The van der Waals surface area contributed by atoms with Gasteiger partial charge in [-0.05, 0) is 37.5 Å². The van der Waals surface area contributed by atoms with Gasteiger partial charge in [0.2, 0.25) is 0 Å². The normalized spacial score (nSPS) is 17.7. The molecule has 1 aromatic carbocycles. The minimum atomic E-state index is 0.301. The molecular weight excluding hydrogens is 286 g/mol. The summed E-state index contributed by atoms with van der Waals surface area (Å²) >= 11 is 0. The highest BCUT2D eigenvalue weighted by Gasteiger charge is 2.18. The van der Waals surface area contributed by atoms with Gasteiger partial charge in [-0.3, -0.25) is 4.40 Å². The fraction of sp³-hybridized carbons (Fsp3) is 0.316. The molecule has 1 aliphatic heterocycles. The van der Waals surface area contributed by atoms with E-state index in [1.54, 1.807) is 0 Å². The first-order chi connectivity index (χ1) is 11.3. The van der Waals surface area contributed by atoms with Gasteiger partial charge in [0.25, 0.3) is 0 Å². The first-order valence-electron chi connectivity index (χ1n) is 8.21. The lowest BCUT2D eigenvalue weighted by atomic mass is 10.1. The highest BCUT2D eigenvalue weighted by Crippen LogP contribution is 2.29. The van der Waals surface area contributed by atoms with Crippen molar-refractivity contribution in [1.82, 2.24) is 9.38 Å². The molecule has 1 fully saturated rings. The molecule has 1 aliphatic rings. The van der Waals surface area contributed by atoms with Crippen LogP contribution in [0.4, 0.5) is 5.82 Å². The quantitative estimate of drug-likeness (QED) is 0.794. The summed E-state index contributed by atoms with van der Waals surface area (Å²) in [5.74, 6) is 1.04. The molecule has 118 valence electrons. The molecule has 0 bridgehead atoms. The summed E-state index contributed by atoms with van der Waals surface area (Å²) in [5.41, 5.74) is 4.31. The monoisotopic (exact) mass is 307 g/mol. The summed E-state index contributed by atoms with van der Waals surface area (Å²) in [6, 6.07) is 14.6. The maximum atomic E-state index is 5.74. The van der Waals surface area contributed by atoms with Crippen LogP contribution in [0.1, 0.15) is 18.4 Å². The van der Waals surface area contributed by atoms with Crippen molar-refractivity contribution in [3.05, 3.63) is 54.2 Å². The van der Waals surface area contributed by atoms with Crippen LogP contribution in [0.2, 0.25) is 0 Å². The van der Waals surface area contributed by atoms with Crippen LogP contribution < -0.4 is 5.32 Å². The Hall–Kier alpha value is -2.33. The Morgan fingerprint density at radius 3 is 2.91 bits per heavy atom.